The number of para-hydroxylation sites is 1. The van der Waals surface area contributed by atoms with Crippen molar-refractivity contribution in [3.05, 3.63) is 46.7 Å². The number of hydrogen-bond donors (Lipinski definition) is 0. The summed E-state index contributed by atoms with van der Waals surface area (Å²) in [6.45, 7) is 4.52. The topological polar surface area (TPSA) is 57.9 Å². The molecule has 27 heavy (non-hydrogen) atoms. The van der Waals surface area contributed by atoms with Crippen LogP contribution in [0.1, 0.15) is 16.3 Å². The summed E-state index contributed by atoms with van der Waals surface area (Å²) >= 11 is 3.16. The Morgan fingerprint density at radius 2 is 2.07 bits per heavy atom. The first-order valence-electron chi connectivity index (χ1n) is 8.64. The number of carbonyl (C=O) groups excluding carboxylic acids is 2. The highest BCUT2D eigenvalue weighted by Crippen LogP contribution is 2.34. The number of hydrogen-bond acceptors (Lipinski definition) is 5. The maximum absolute atomic E-state index is 12.8. The molecule has 0 bridgehead atoms. The van der Waals surface area contributed by atoms with Crippen molar-refractivity contribution in [2.45, 2.75) is 25.3 Å². The van der Waals surface area contributed by atoms with Crippen molar-refractivity contribution in [2.24, 2.45) is 0 Å². The van der Waals surface area contributed by atoms with Crippen LogP contribution in [-0.2, 0) is 16.1 Å². The molecule has 1 aromatic carbocycles. The molecule has 0 spiro atoms. The third kappa shape index (κ3) is 3.35. The van der Waals surface area contributed by atoms with Crippen LogP contribution >= 0.6 is 23.1 Å². The Labute approximate surface area is 165 Å². The first-order chi connectivity index (χ1) is 12.9. The summed E-state index contributed by atoms with van der Waals surface area (Å²) in [5.41, 5.74) is 2.75. The summed E-state index contributed by atoms with van der Waals surface area (Å²) in [6.07, 6.45) is 2.05. The maximum Gasteiger partial charge on any atom is 0.242 e. The molecule has 8 heteroatoms. The van der Waals surface area contributed by atoms with Crippen LogP contribution < -0.4 is 4.90 Å². The zero-order valence-electron chi connectivity index (χ0n) is 15.4. The second kappa shape index (κ2) is 7.01. The van der Waals surface area contributed by atoms with Gasteiger partial charge in [0.05, 0.1) is 29.4 Å². The summed E-state index contributed by atoms with van der Waals surface area (Å²) in [5.74, 6) is 0.244. The summed E-state index contributed by atoms with van der Waals surface area (Å²) in [7, 11) is 1.77. The third-order valence-corrected chi connectivity index (χ3v) is 6.60. The first kappa shape index (κ1) is 18.1. The molecule has 0 atom stereocenters. The van der Waals surface area contributed by atoms with Gasteiger partial charge in [0.15, 0.2) is 4.96 Å². The number of carbonyl (C=O) groups is 2. The van der Waals surface area contributed by atoms with Gasteiger partial charge in [0.1, 0.15) is 6.54 Å². The number of aryl methyl sites for hydroxylation is 2. The number of imidazole rings is 1. The average Bonchev–Trinajstić information content (AvgIpc) is 3.13. The van der Waals surface area contributed by atoms with E-state index < -0.39 is 0 Å². The molecule has 4 rings (SSSR count). The lowest BCUT2D eigenvalue weighted by Gasteiger charge is -2.30. The molecule has 2 aromatic heterocycles. The van der Waals surface area contributed by atoms with Crippen LogP contribution in [0.2, 0.25) is 0 Å². The highest BCUT2D eigenvalue weighted by Gasteiger charge is 2.27. The Hall–Kier alpha value is -2.32. The van der Waals surface area contributed by atoms with Crippen LogP contribution in [0.3, 0.4) is 0 Å². The van der Waals surface area contributed by atoms with Crippen LogP contribution in [0.5, 0.6) is 0 Å². The number of thioether (sulfide) groups is 1. The summed E-state index contributed by atoms with van der Waals surface area (Å²) in [6, 6.07) is 7.72. The van der Waals surface area contributed by atoms with Gasteiger partial charge in [-0.15, -0.1) is 23.1 Å². The minimum atomic E-state index is -0.0913. The van der Waals surface area contributed by atoms with E-state index in [9.17, 15) is 9.59 Å². The van der Waals surface area contributed by atoms with Crippen molar-refractivity contribution in [3.63, 3.8) is 0 Å². The molecule has 0 saturated carbocycles. The Morgan fingerprint density at radius 1 is 1.30 bits per heavy atom. The molecule has 0 saturated heterocycles. The van der Waals surface area contributed by atoms with Crippen molar-refractivity contribution in [1.29, 1.82) is 0 Å². The molecule has 0 N–H and O–H groups in total. The van der Waals surface area contributed by atoms with Crippen molar-refractivity contribution in [2.75, 3.05) is 24.2 Å². The number of anilines is 1. The molecule has 0 unspecified atom stereocenters. The summed E-state index contributed by atoms with van der Waals surface area (Å²) in [5, 5.41) is 0. The van der Waals surface area contributed by atoms with E-state index in [0.29, 0.717) is 12.3 Å². The fourth-order valence-electron chi connectivity index (χ4n) is 3.20. The minimum Gasteiger partial charge on any atom is -0.338 e. The fraction of sp³-hybridized carbons (Fsp3) is 0.316. The number of aromatic nitrogens is 2. The number of benzene rings is 1. The van der Waals surface area contributed by atoms with E-state index >= 15 is 0 Å². The largest absolute Gasteiger partial charge is 0.338 e. The zero-order chi connectivity index (χ0) is 19.1. The Balaban J connectivity index is 1.53. The molecule has 1 aliphatic heterocycles. The second-order valence-corrected chi connectivity index (χ2v) is 8.85. The van der Waals surface area contributed by atoms with Gasteiger partial charge in [-0.1, -0.05) is 12.1 Å². The highest BCUT2D eigenvalue weighted by atomic mass is 32.2. The predicted molar refractivity (Wildman–Crippen MR) is 109 cm³/mol. The number of fused-ring (bicyclic) bond motifs is 2. The van der Waals surface area contributed by atoms with Crippen LogP contribution in [0.25, 0.3) is 4.96 Å². The van der Waals surface area contributed by atoms with Crippen LogP contribution in [0.15, 0.2) is 35.4 Å². The standard InChI is InChI=1S/C19H20N4O2S2/c1-12-8-23-15(13(2)20-19(23)27-12)9-21(3)17(24)10-22-14-6-4-5-7-16(14)26-11-18(22)25/h4-8H,9-11H2,1-3H3. The van der Waals surface area contributed by atoms with E-state index in [1.807, 2.05) is 38.1 Å². The normalized spacial score (nSPS) is 13.9. The van der Waals surface area contributed by atoms with Gasteiger partial charge in [0.25, 0.3) is 0 Å². The van der Waals surface area contributed by atoms with Crippen molar-refractivity contribution in [3.8, 4) is 0 Å². The van der Waals surface area contributed by atoms with Crippen molar-refractivity contribution >= 4 is 45.6 Å². The van der Waals surface area contributed by atoms with Gasteiger partial charge in [-0.3, -0.25) is 14.0 Å². The van der Waals surface area contributed by atoms with Gasteiger partial charge in [0.2, 0.25) is 11.8 Å². The monoisotopic (exact) mass is 400 g/mol. The molecule has 0 radical (unpaired) electrons. The fourth-order valence-corrected chi connectivity index (χ4v) is 5.02. The minimum absolute atomic E-state index is 0.0307. The molecule has 2 amide bonds. The van der Waals surface area contributed by atoms with E-state index in [1.165, 1.54) is 16.6 Å². The lowest BCUT2D eigenvalue weighted by Crippen LogP contribution is -2.43. The van der Waals surface area contributed by atoms with Gasteiger partial charge >= 0.3 is 0 Å². The Bertz CT molecular complexity index is 1040. The molecular formula is C19H20N4O2S2. The summed E-state index contributed by atoms with van der Waals surface area (Å²) < 4.78 is 2.05. The third-order valence-electron chi connectivity index (χ3n) is 4.66. The van der Waals surface area contributed by atoms with Crippen LogP contribution in [0.4, 0.5) is 5.69 Å². The van der Waals surface area contributed by atoms with Gasteiger partial charge < -0.3 is 9.80 Å². The van der Waals surface area contributed by atoms with Crippen molar-refractivity contribution < 1.29 is 9.59 Å². The smallest absolute Gasteiger partial charge is 0.242 e. The van der Waals surface area contributed by atoms with Gasteiger partial charge in [-0.2, -0.15) is 0 Å². The molecule has 6 nitrogen and oxygen atoms in total. The summed E-state index contributed by atoms with van der Waals surface area (Å²) in [4.78, 5) is 36.2. The average molecular weight is 401 g/mol. The zero-order valence-corrected chi connectivity index (χ0v) is 17.1. The lowest BCUT2D eigenvalue weighted by molar-refractivity contribution is -0.130. The molecule has 1 aliphatic rings. The quantitative estimate of drug-likeness (QED) is 0.675. The predicted octanol–water partition coefficient (Wildman–Crippen LogP) is 3.11. The lowest BCUT2D eigenvalue weighted by atomic mass is 10.2. The SMILES string of the molecule is Cc1cn2c(CN(C)C(=O)CN3C(=O)CSc4ccccc43)c(C)nc2s1. The van der Waals surface area contributed by atoms with E-state index in [2.05, 4.69) is 15.6 Å². The van der Waals surface area contributed by atoms with Gasteiger partial charge in [-0.05, 0) is 26.0 Å². The number of thiazole rings is 1. The van der Waals surface area contributed by atoms with E-state index in [-0.39, 0.29) is 18.4 Å². The molecule has 0 aliphatic carbocycles. The van der Waals surface area contributed by atoms with Crippen LogP contribution in [0, 0.1) is 13.8 Å². The van der Waals surface area contributed by atoms with Gasteiger partial charge in [0, 0.05) is 23.0 Å². The molecule has 3 heterocycles. The van der Waals surface area contributed by atoms with E-state index in [4.69, 9.17) is 0 Å². The van der Waals surface area contributed by atoms with Crippen molar-refractivity contribution in [1.82, 2.24) is 14.3 Å². The number of amides is 2. The molecule has 140 valence electrons. The number of nitrogens with zero attached hydrogens (tertiary/aromatic N) is 4. The molecule has 3 aromatic rings. The van der Waals surface area contributed by atoms with Crippen LogP contribution in [-0.4, -0.2) is 45.4 Å². The van der Waals surface area contributed by atoms with Gasteiger partial charge in [-0.25, -0.2) is 4.98 Å². The first-order valence-corrected chi connectivity index (χ1v) is 10.4. The Morgan fingerprint density at radius 3 is 2.89 bits per heavy atom. The molecular weight excluding hydrogens is 380 g/mol. The number of rotatable bonds is 4. The highest BCUT2D eigenvalue weighted by molar-refractivity contribution is 8.00. The second-order valence-electron chi connectivity index (χ2n) is 6.62. The van der Waals surface area contributed by atoms with E-state index in [0.717, 1.165) is 26.9 Å². The maximum atomic E-state index is 12.8. The van der Waals surface area contributed by atoms with E-state index in [1.54, 1.807) is 28.2 Å². The number of likely N-dealkylation sites (N-methyl/N-ethyl adjacent to an activating group) is 1. The Kier molecular flexibility index (Phi) is 4.69. The molecule has 0 fully saturated rings.